The summed E-state index contributed by atoms with van der Waals surface area (Å²) in [4.78, 5) is 20.8. The number of aromatic nitrogens is 2. The molecule has 0 atom stereocenters. The van der Waals surface area contributed by atoms with Gasteiger partial charge in [-0.1, -0.05) is 6.92 Å². The quantitative estimate of drug-likeness (QED) is 0.220. The Hall–Kier alpha value is -1.41. The van der Waals surface area contributed by atoms with Crippen molar-refractivity contribution in [1.82, 2.24) is 24.3 Å². The highest BCUT2D eigenvalue weighted by Gasteiger charge is 2.27. The fraction of sp³-hybridized carbons (Fsp3) is 0.706. The Kier molecular flexibility index (Phi) is 10.3. The number of piperazine rings is 1. The number of guanidine groups is 1. The first-order chi connectivity index (χ1) is 13.3. The highest BCUT2D eigenvalue weighted by Crippen LogP contribution is 2.16. The number of aliphatic imine (C=N–C) groups is 1. The van der Waals surface area contributed by atoms with Crippen molar-refractivity contribution in [2.75, 3.05) is 57.0 Å². The molecule has 0 aliphatic carbocycles. The number of amides is 1. The van der Waals surface area contributed by atoms with Gasteiger partial charge in [-0.3, -0.25) is 14.5 Å². The minimum absolute atomic E-state index is 0. The van der Waals surface area contributed by atoms with Gasteiger partial charge in [0.15, 0.2) is 5.96 Å². The Morgan fingerprint density at radius 2 is 2.07 bits per heavy atom. The van der Waals surface area contributed by atoms with Crippen LogP contribution in [0, 0.1) is 0 Å². The molecule has 2 heterocycles. The monoisotopic (exact) mass is 541 g/mol. The number of halogens is 1. The summed E-state index contributed by atoms with van der Waals surface area (Å²) in [5.74, 6) is 0.683. The van der Waals surface area contributed by atoms with Gasteiger partial charge in [0.2, 0.25) is 15.9 Å². The van der Waals surface area contributed by atoms with Crippen LogP contribution in [0.3, 0.4) is 0 Å². The second-order valence-corrected chi connectivity index (χ2v) is 8.67. The molecule has 1 N–H and O–H groups in total. The van der Waals surface area contributed by atoms with E-state index in [1.165, 1.54) is 10.6 Å². The zero-order valence-electron chi connectivity index (χ0n) is 17.5. The van der Waals surface area contributed by atoms with Gasteiger partial charge in [0.25, 0.3) is 0 Å². The maximum Gasteiger partial charge on any atom is 0.246 e. The highest BCUT2D eigenvalue weighted by molar-refractivity contribution is 14.0. The molecule has 166 valence electrons. The number of nitrogens with zero attached hydrogens (tertiary/aromatic N) is 6. The molecule has 0 saturated carbocycles. The van der Waals surface area contributed by atoms with E-state index in [1.54, 1.807) is 15.8 Å². The van der Waals surface area contributed by atoms with Crippen LogP contribution in [0.4, 0.5) is 5.69 Å². The smallest absolute Gasteiger partial charge is 0.246 e. The molecule has 0 aromatic carbocycles. The van der Waals surface area contributed by atoms with Gasteiger partial charge in [0.05, 0.1) is 18.1 Å². The van der Waals surface area contributed by atoms with Crippen molar-refractivity contribution in [1.29, 1.82) is 0 Å². The topological polar surface area (TPSA) is 103 Å². The molecule has 0 unspecified atom stereocenters. The molecule has 1 aliphatic heterocycles. The molecule has 1 aromatic heterocycles. The van der Waals surface area contributed by atoms with Crippen LogP contribution in [0.15, 0.2) is 17.4 Å². The average Bonchev–Trinajstić information content (AvgIpc) is 3.05. The summed E-state index contributed by atoms with van der Waals surface area (Å²) in [5, 5.41) is 7.35. The fourth-order valence-electron chi connectivity index (χ4n) is 3.09. The van der Waals surface area contributed by atoms with E-state index >= 15 is 0 Å². The van der Waals surface area contributed by atoms with Crippen molar-refractivity contribution in [3.8, 4) is 0 Å². The van der Waals surface area contributed by atoms with Crippen molar-refractivity contribution >= 4 is 51.6 Å². The lowest BCUT2D eigenvalue weighted by Crippen LogP contribution is -2.55. The molecule has 12 heteroatoms. The molecule has 1 saturated heterocycles. The standard InChI is InChI=1S/C17H31N7O3S.HI/c1-5-18-17(19-8-7-9-23(6-2)28(4,26)27)22-10-11-24(16(25)14-22)15-12-20-21(3)13-15;/h12-13H,5-11,14H2,1-4H3,(H,18,19);1H. The Morgan fingerprint density at radius 1 is 1.34 bits per heavy atom. The third-order valence-corrected chi connectivity index (χ3v) is 5.89. The predicted octanol–water partition coefficient (Wildman–Crippen LogP) is 0.324. The molecule has 1 fully saturated rings. The fourth-order valence-corrected chi connectivity index (χ4v) is 4.02. The first-order valence-electron chi connectivity index (χ1n) is 9.53. The van der Waals surface area contributed by atoms with Crippen molar-refractivity contribution in [2.24, 2.45) is 12.0 Å². The Bertz CT molecular complexity index is 797. The third kappa shape index (κ3) is 7.41. The molecule has 29 heavy (non-hydrogen) atoms. The van der Waals surface area contributed by atoms with Crippen LogP contribution in [0.1, 0.15) is 20.3 Å². The van der Waals surface area contributed by atoms with Crippen molar-refractivity contribution in [3.63, 3.8) is 0 Å². The number of nitrogens with one attached hydrogen (secondary N) is 1. The van der Waals surface area contributed by atoms with E-state index in [2.05, 4.69) is 15.4 Å². The lowest BCUT2D eigenvalue weighted by molar-refractivity contribution is -0.120. The number of hydrogen-bond donors (Lipinski definition) is 1. The van der Waals surface area contributed by atoms with Crippen LogP contribution in [0.25, 0.3) is 0 Å². The van der Waals surface area contributed by atoms with Gasteiger partial charge in [-0.05, 0) is 13.3 Å². The van der Waals surface area contributed by atoms with E-state index in [0.717, 1.165) is 5.69 Å². The van der Waals surface area contributed by atoms with Gasteiger partial charge < -0.3 is 15.1 Å². The molecule has 1 amide bonds. The molecular formula is C17H32IN7O3S. The Balaban J connectivity index is 0.00000420. The summed E-state index contributed by atoms with van der Waals surface area (Å²) in [7, 11) is -1.36. The maximum absolute atomic E-state index is 12.6. The molecule has 1 aliphatic rings. The number of sulfonamides is 1. The highest BCUT2D eigenvalue weighted by atomic mass is 127. The number of aryl methyl sites for hydroxylation is 1. The van der Waals surface area contributed by atoms with Crippen LogP contribution in [0.2, 0.25) is 0 Å². The van der Waals surface area contributed by atoms with Gasteiger partial charge in [-0.15, -0.1) is 24.0 Å². The third-order valence-electron chi connectivity index (χ3n) is 4.51. The Labute approximate surface area is 190 Å². The molecule has 2 rings (SSSR count). The van der Waals surface area contributed by atoms with Crippen LogP contribution in [-0.4, -0.2) is 91.3 Å². The summed E-state index contributed by atoms with van der Waals surface area (Å²) >= 11 is 0. The van der Waals surface area contributed by atoms with Gasteiger partial charge in [0.1, 0.15) is 6.54 Å². The summed E-state index contributed by atoms with van der Waals surface area (Å²) in [5.41, 5.74) is 0.800. The first kappa shape index (κ1) is 25.6. The minimum atomic E-state index is -3.18. The molecule has 0 spiro atoms. The number of carbonyl (C=O) groups excluding carboxylic acids is 1. The summed E-state index contributed by atoms with van der Waals surface area (Å²) in [6, 6.07) is 0. The second-order valence-electron chi connectivity index (χ2n) is 6.68. The molecule has 1 aromatic rings. The van der Waals surface area contributed by atoms with Crippen molar-refractivity contribution < 1.29 is 13.2 Å². The summed E-state index contributed by atoms with van der Waals surface area (Å²) < 4.78 is 26.4. The molecular weight excluding hydrogens is 509 g/mol. The molecule has 0 radical (unpaired) electrons. The van der Waals surface area contributed by atoms with E-state index < -0.39 is 10.0 Å². The van der Waals surface area contributed by atoms with Gasteiger partial charge in [0, 0.05) is 52.5 Å². The molecule has 0 bridgehead atoms. The van der Waals surface area contributed by atoms with E-state index in [9.17, 15) is 13.2 Å². The van der Waals surface area contributed by atoms with Crippen molar-refractivity contribution in [3.05, 3.63) is 12.4 Å². The largest absolute Gasteiger partial charge is 0.357 e. The van der Waals surface area contributed by atoms with Crippen LogP contribution in [0.5, 0.6) is 0 Å². The lowest BCUT2D eigenvalue weighted by atomic mass is 10.3. The van der Waals surface area contributed by atoms with Gasteiger partial charge >= 0.3 is 0 Å². The number of hydrogen-bond acceptors (Lipinski definition) is 5. The van der Waals surface area contributed by atoms with E-state index in [0.29, 0.717) is 51.6 Å². The van der Waals surface area contributed by atoms with Crippen molar-refractivity contribution in [2.45, 2.75) is 20.3 Å². The second kappa shape index (κ2) is 11.7. The Morgan fingerprint density at radius 3 is 2.59 bits per heavy atom. The van der Waals surface area contributed by atoms with E-state index in [1.807, 2.05) is 32.0 Å². The van der Waals surface area contributed by atoms with Gasteiger partial charge in [-0.25, -0.2) is 12.7 Å². The number of rotatable bonds is 8. The molecule has 10 nitrogen and oxygen atoms in total. The maximum atomic E-state index is 12.6. The lowest BCUT2D eigenvalue weighted by Gasteiger charge is -2.35. The number of anilines is 1. The predicted molar refractivity (Wildman–Crippen MR) is 125 cm³/mol. The zero-order valence-corrected chi connectivity index (χ0v) is 20.7. The van der Waals surface area contributed by atoms with Crippen LogP contribution < -0.4 is 10.2 Å². The SMILES string of the molecule is CCNC(=NCCCN(CC)S(C)(=O)=O)N1CCN(c2cnn(C)c2)C(=O)C1.I. The summed E-state index contributed by atoms with van der Waals surface area (Å²) in [6.07, 6.45) is 5.36. The first-order valence-corrected chi connectivity index (χ1v) is 11.4. The average molecular weight is 541 g/mol. The van der Waals surface area contributed by atoms with Crippen LogP contribution in [-0.2, 0) is 21.9 Å². The number of carbonyl (C=O) groups is 1. The zero-order chi connectivity index (χ0) is 20.7. The minimum Gasteiger partial charge on any atom is -0.357 e. The van der Waals surface area contributed by atoms with Gasteiger partial charge in [-0.2, -0.15) is 5.10 Å². The van der Waals surface area contributed by atoms with E-state index in [-0.39, 0.29) is 36.4 Å². The summed E-state index contributed by atoms with van der Waals surface area (Å²) in [6.45, 7) is 7.34. The van der Waals surface area contributed by atoms with E-state index in [4.69, 9.17) is 0 Å². The normalized spacial score (nSPS) is 15.6. The van der Waals surface area contributed by atoms with Crippen LogP contribution >= 0.6 is 24.0 Å².